The Balaban J connectivity index is 2.07. The van der Waals surface area contributed by atoms with Gasteiger partial charge in [0.2, 0.25) is 5.91 Å². The van der Waals surface area contributed by atoms with Crippen LogP contribution in [0.15, 0.2) is 12.1 Å². The van der Waals surface area contributed by atoms with Crippen molar-refractivity contribution in [1.82, 2.24) is 4.98 Å². The molecule has 1 aromatic rings. The Morgan fingerprint density at radius 3 is 2.61 bits per heavy atom. The number of nitrogens with one attached hydrogen (secondary N) is 1. The molecule has 0 atom stereocenters. The van der Waals surface area contributed by atoms with E-state index >= 15 is 0 Å². The molecule has 0 spiro atoms. The van der Waals surface area contributed by atoms with Gasteiger partial charge in [0.05, 0.1) is 0 Å². The lowest BCUT2D eigenvalue weighted by Crippen LogP contribution is -2.33. The summed E-state index contributed by atoms with van der Waals surface area (Å²) in [6.07, 6.45) is 4.16. The first-order chi connectivity index (χ1) is 8.54. The summed E-state index contributed by atoms with van der Waals surface area (Å²) >= 11 is 0. The Morgan fingerprint density at radius 1 is 1.33 bits per heavy atom. The minimum atomic E-state index is -0.422. The number of aryl methyl sites for hydroxylation is 1. The van der Waals surface area contributed by atoms with E-state index in [9.17, 15) is 4.79 Å². The zero-order valence-corrected chi connectivity index (χ0v) is 10.6. The monoisotopic (exact) mass is 248 g/mol. The quantitative estimate of drug-likeness (QED) is 0.748. The molecule has 0 radical (unpaired) electrons. The second-order valence-corrected chi connectivity index (χ2v) is 5.00. The van der Waals surface area contributed by atoms with Crippen molar-refractivity contribution in [2.45, 2.75) is 44.7 Å². The first-order valence-electron chi connectivity index (χ1n) is 6.35. The summed E-state index contributed by atoms with van der Waals surface area (Å²) in [5, 5.41) is 3.36. The zero-order chi connectivity index (χ0) is 13.1. The average molecular weight is 248 g/mol. The number of nitrogens with two attached hydrogens (primary N) is 2. The predicted octanol–water partition coefficient (Wildman–Crippen LogP) is 1.17. The molecular weight excluding hydrogens is 228 g/mol. The first-order valence-corrected chi connectivity index (χ1v) is 6.35. The fourth-order valence-corrected chi connectivity index (χ4v) is 2.36. The molecule has 0 aromatic carbocycles. The summed E-state index contributed by atoms with van der Waals surface area (Å²) in [5.41, 5.74) is 12.5. The predicted molar refractivity (Wildman–Crippen MR) is 71.3 cm³/mol. The van der Waals surface area contributed by atoms with Crippen molar-refractivity contribution >= 4 is 11.7 Å². The number of hydrogen-bond donors (Lipinski definition) is 3. The van der Waals surface area contributed by atoms with Gasteiger partial charge < -0.3 is 16.8 Å². The van der Waals surface area contributed by atoms with Gasteiger partial charge in [-0.1, -0.05) is 0 Å². The van der Waals surface area contributed by atoms with Crippen molar-refractivity contribution in [3.05, 3.63) is 23.4 Å². The summed E-state index contributed by atoms with van der Waals surface area (Å²) in [6, 6.07) is 4.13. The van der Waals surface area contributed by atoms with Crippen molar-refractivity contribution in [3.63, 3.8) is 0 Å². The third kappa shape index (κ3) is 3.20. The molecule has 1 fully saturated rings. The highest BCUT2D eigenvalue weighted by Gasteiger charge is 2.18. The molecule has 18 heavy (non-hydrogen) atoms. The molecule has 0 saturated heterocycles. The van der Waals surface area contributed by atoms with Crippen molar-refractivity contribution < 1.29 is 4.79 Å². The second-order valence-electron chi connectivity index (χ2n) is 5.00. The standard InChI is InChI=1S/C13H20N4O/c1-8-6-9(13(15)18)7-12(16-8)17-11-4-2-10(14)3-5-11/h6-7,10-11H,2-5,14H2,1H3,(H2,15,18)(H,16,17). The van der Waals surface area contributed by atoms with Crippen molar-refractivity contribution in [3.8, 4) is 0 Å². The Bertz CT molecular complexity index is 439. The number of primary amides is 1. The van der Waals surface area contributed by atoms with E-state index in [0.29, 0.717) is 17.6 Å². The van der Waals surface area contributed by atoms with Crippen molar-refractivity contribution in [2.24, 2.45) is 11.5 Å². The molecule has 2 rings (SSSR count). The van der Waals surface area contributed by atoms with E-state index in [1.54, 1.807) is 12.1 Å². The molecule has 1 aromatic heterocycles. The van der Waals surface area contributed by atoms with Gasteiger partial charge in [-0.2, -0.15) is 0 Å². The molecule has 1 aliphatic rings. The summed E-state index contributed by atoms with van der Waals surface area (Å²) < 4.78 is 0. The van der Waals surface area contributed by atoms with E-state index in [1.807, 2.05) is 6.92 Å². The van der Waals surface area contributed by atoms with Gasteiger partial charge in [0, 0.05) is 23.3 Å². The second kappa shape index (κ2) is 5.35. The third-order valence-electron chi connectivity index (χ3n) is 3.36. The van der Waals surface area contributed by atoms with E-state index in [2.05, 4.69) is 10.3 Å². The van der Waals surface area contributed by atoms with Crippen LogP contribution in [0.1, 0.15) is 41.7 Å². The number of hydrogen-bond acceptors (Lipinski definition) is 4. The van der Waals surface area contributed by atoms with Gasteiger partial charge in [-0.3, -0.25) is 4.79 Å². The SMILES string of the molecule is Cc1cc(C(N)=O)cc(NC2CCC(N)CC2)n1. The molecule has 1 heterocycles. The largest absolute Gasteiger partial charge is 0.367 e. The molecule has 1 aliphatic carbocycles. The van der Waals surface area contributed by atoms with Crippen molar-refractivity contribution in [2.75, 3.05) is 5.32 Å². The molecule has 5 N–H and O–H groups in total. The Morgan fingerprint density at radius 2 is 2.00 bits per heavy atom. The lowest BCUT2D eigenvalue weighted by molar-refractivity contribution is 0.1000. The Kier molecular flexibility index (Phi) is 3.81. The minimum absolute atomic E-state index is 0.328. The number of amides is 1. The lowest BCUT2D eigenvalue weighted by atomic mass is 9.92. The highest BCUT2D eigenvalue weighted by molar-refractivity contribution is 5.93. The number of rotatable bonds is 3. The molecule has 0 unspecified atom stereocenters. The number of carbonyl (C=O) groups excluding carboxylic acids is 1. The van der Waals surface area contributed by atoms with E-state index in [-0.39, 0.29) is 0 Å². The van der Waals surface area contributed by atoms with Gasteiger partial charge in [-0.25, -0.2) is 4.98 Å². The van der Waals surface area contributed by atoms with Gasteiger partial charge in [0.15, 0.2) is 0 Å². The normalized spacial score (nSPS) is 23.7. The van der Waals surface area contributed by atoms with Crippen LogP contribution in [0, 0.1) is 6.92 Å². The van der Waals surface area contributed by atoms with Gasteiger partial charge in [0.1, 0.15) is 5.82 Å². The zero-order valence-electron chi connectivity index (χ0n) is 10.6. The molecule has 0 bridgehead atoms. The van der Waals surface area contributed by atoms with Crippen LogP contribution in [0.25, 0.3) is 0 Å². The summed E-state index contributed by atoms with van der Waals surface area (Å²) in [7, 11) is 0. The summed E-state index contributed by atoms with van der Waals surface area (Å²) in [5.74, 6) is 0.304. The van der Waals surface area contributed by atoms with E-state index in [0.717, 1.165) is 37.2 Å². The van der Waals surface area contributed by atoms with Crippen LogP contribution in [0.2, 0.25) is 0 Å². The lowest BCUT2D eigenvalue weighted by Gasteiger charge is -2.27. The maximum Gasteiger partial charge on any atom is 0.248 e. The van der Waals surface area contributed by atoms with Crippen LogP contribution >= 0.6 is 0 Å². The summed E-state index contributed by atoms with van der Waals surface area (Å²) in [6.45, 7) is 1.86. The highest BCUT2D eigenvalue weighted by atomic mass is 16.1. The molecule has 5 heteroatoms. The van der Waals surface area contributed by atoms with Gasteiger partial charge in [-0.05, 0) is 44.7 Å². The molecule has 1 saturated carbocycles. The van der Waals surface area contributed by atoms with Crippen LogP contribution in [-0.2, 0) is 0 Å². The van der Waals surface area contributed by atoms with E-state index in [1.165, 1.54) is 0 Å². The molecule has 1 amide bonds. The van der Waals surface area contributed by atoms with Gasteiger partial charge in [-0.15, -0.1) is 0 Å². The summed E-state index contributed by atoms with van der Waals surface area (Å²) in [4.78, 5) is 15.6. The first kappa shape index (κ1) is 12.8. The third-order valence-corrected chi connectivity index (χ3v) is 3.36. The molecule has 98 valence electrons. The van der Waals surface area contributed by atoms with Crippen LogP contribution in [0.5, 0.6) is 0 Å². The maximum absolute atomic E-state index is 11.2. The minimum Gasteiger partial charge on any atom is -0.367 e. The van der Waals surface area contributed by atoms with Gasteiger partial charge in [0.25, 0.3) is 0 Å². The number of nitrogens with zero attached hydrogens (tertiary/aromatic N) is 1. The van der Waals surface area contributed by atoms with Crippen LogP contribution < -0.4 is 16.8 Å². The number of aromatic nitrogens is 1. The number of carbonyl (C=O) groups is 1. The number of anilines is 1. The molecule has 5 nitrogen and oxygen atoms in total. The fraction of sp³-hybridized carbons (Fsp3) is 0.538. The Labute approximate surface area is 107 Å². The maximum atomic E-state index is 11.2. The molecule has 0 aliphatic heterocycles. The van der Waals surface area contributed by atoms with E-state index in [4.69, 9.17) is 11.5 Å². The smallest absolute Gasteiger partial charge is 0.248 e. The van der Waals surface area contributed by atoms with Crippen LogP contribution in [0.3, 0.4) is 0 Å². The Hall–Kier alpha value is -1.62. The fourth-order valence-electron chi connectivity index (χ4n) is 2.36. The van der Waals surface area contributed by atoms with Crippen molar-refractivity contribution in [1.29, 1.82) is 0 Å². The average Bonchev–Trinajstić information content (AvgIpc) is 2.31. The van der Waals surface area contributed by atoms with Gasteiger partial charge >= 0.3 is 0 Å². The van der Waals surface area contributed by atoms with Crippen LogP contribution in [-0.4, -0.2) is 23.0 Å². The highest BCUT2D eigenvalue weighted by Crippen LogP contribution is 2.21. The van der Waals surface area contributed by atoms with E-state index < -0.39 is 5.91 Å². The number of pyridine rings is 1. The topological polar surface area (TPSA) is 94.0 Å². The van der Waals surface area contributed by atoms with Crippen LogP contribution in [0.4, 0.5) is 5.82 Å². The molecular formula is C13H20N4O.